The molecule has 2 aliphatic heterocycles. The maximum absolute atomic E-state index is 13.9. The highest BCUT2D eigenvalue weighted by Gasteiger charge is 2.55. The van der Waals surface area contributed by atoms with Crippen LogP contribution in [0.4, 0.5) is 0 Å². The standard InChI is InChI=1S/C34H46N4O6.ClH/c1-3-43-22-21-38-32(41)29(30(39)25-7-5-4-6-8-25)36-33(42)34(38)17-19-37(20-18-34)23-24-9-13-27(14-10-24)44-28-15-11-26(12-16-28)31(40)35-2;/h9-16,25,29-30,39H,3-8,17-23H2,1-2H3,(H,35,40)(H,36,42);1H/t29-,30-;/m1./s1. The van der Waals surface area contributed by atoms with Crippen molar-refractivity contribution in [3.63, 3.8) is 0 Å². The zero-order chi connectivity index (χ0) is 31.1. The molecule has 3 N–H and O–H groups in total. The summed E-state index contributed by atoms with van der Waals surface area (Å²) < 4.78 is 11.6. The third-order valence-electron chi connectivity index (χ3n) is 9.49. The van der Waals surface area contributed by atoms with Crippen molar-refractivity contribution in [3.8, 4) is 11.5 Å². The van der Waals surface area contributed by atoms with Gasteiger partial charge < -0.3 is 30.1 Å². The number of carbonyl (C=O) groups is 3. The smallest absolute Gasteiger partial charge is 0.251 e. The van der Waals surface area contributed by atoms with Crippen molar-refractivity contribution in [1.82, 2.24) is 20.4 Å². The van der Waals surface area contributed by atoms with Crippen LogP contribution in [0, 0.1) is 5.92 Å². The normalized spacial score (nSPS) is 21.1. The Morgan fingerprint density at radius 2 is 1.64 bits per heavy atom. The number of benzene rings is 2. The van der Waals surface area contributed by atoms with Crippen LogP contribution in [0.1, 0.15) is 67.8 Å². The van der Waals surface area contributed by atoms with Crippen molar-refractivity contribution in [3.05, 3.63) is 59.7 Å². The zero-order valence-corrected chi connectivity index (χ0v) is 27.2. The fourth-order valence-electron chi connectivity index (χ4n) is 6.90. The molecule has 1 saturated carbocycles. The van der Waals surface area contributed by atoms with E-state index in [1.165, 1.54) is 0 Å². The van der Waals surface area contributed by atoms with Gasteiger partial charge in [0, 0.05) is 45.4 Å². The highest BCUT2D eigenvalue weighted by Crippen LogP contribution is 2.36. The van der Waals surface area contributed by atoms with Gasteiger partial charge in [-0.3, -0.25) is 19.3 Å². The van der Waals surface area contributed by atoms with Crippen LogP contribution in [0.2, 0.25) is 0 Å². The number of hydrogen-bond donors (Lipinski definition) is 3. The number of aliphatic hydroxyl groups excluding tert-OH is 1. The number of piperidine rings is 1. The highest BCUT2D eigenvalue weighted by atomic mass is 35.5. The van der Waals surface area contributed by atoms with Gasteiger partial charge in [-0.1, -0.05) is 31.4 Å². The number of ether oxygens (including phenoxy) is 2. The van der Waals surface area contributed by atoms with Gasteiger partial charge >= 0.3 is 0 Å². The van der Waals surface area contributed by atoms with E-state index in [0.717, 1.165) is 37.7 Å². The first-order valence-electron chi connectivity index (χ1n) is 16.0. The number of piperazine rings is 1. The second-order valence-corrected chi connectivity index (χ2v) is 12.2. The van der Waals surface area contributed by atoms with Crippen molar-refractivity contribution >= 4 is 30.1 Å². The molecule has 3 amide bonds. The van der Waals surface area contributed by atoms with E-state index in [1.54, 1.807) is 36.2 Å². The van der Waals surface area contributed by atoms with Gasteiger partial charge in [0.1, 0.15) is 23.1 Å². The molecule has 2 saturated heterocycles. The second kappa shape index (κ2) is 15.9. The molecule has 3 fully saturated rings. The molecule has 45 heavy (non-hydrogen) atoms. The molecule has 0 unspecified atom stereocenters. The molecule has 1 spiro atoms. The van der Waals surface area contributed by atoms with Crippen molar-refractivity contribution in [2.45, 2.75) is 76.1 Å². The Morgan fingerprint density at radius 1 is 1.02 bits per heavy atom. The predicted octanol–water partition coefficient (Wildman–Crippen LogP) is 3.90. The van der Waals surface area contributed by atoms with Crippen LogP contribution in [0.5, 0.6) is 11.5 Å². The Morgan fingerprint density at radius 3 is 2.24 bits per heavy atom. The summed E-state index contributed by atoms with van der Waals surface area (Å²) >= 11 is 0. The van der Waals surface area contributed by atoms with E-state index in [2.05, 4.69) is 15.5 Å². The number of amides is 3. The lowest BCUT2D eigenvalue weighted by Gasteiger charge is -2.52. The molecule has 2 aromatic carbocycles. The number of carbonyl (C=O) groups excluding carboxylic acids is 3. The summed E-state index contributed by atoms with van der Waals surface area (Å²) in [6.45, 7) is 5.20. The lowest BCUT2D eigenvalue weighted by Crippen LogP contribution is -2.75. The summed E-state index contributed by atoms with van der Waals surface area (Å²) in [5, 5.41) is 16.8. The Bertz CT molecular complexity index is 1280. The number of nitrogens with one attached hydrogen (secondary N) is 2. The van der Waals surface area contributed by atoms with Crippen molar-refractivity contribution in [2.75, 3.05) is 39.9 Å². The molecule has 1 aliphatic carbocycles. The molecule has 11 heteroatoms. The first-order chi connectivity index (χ1) is 21.3. The molecular weight excluding hydrogens is 596 g/mol. The average Bonchev–Trinajstić information content (AvgIpc) is 3.06. The molecule has 2 atom stereocenters. The minimum Gasteiger partial charge on any atom is -0.457 e. The third kappa shape index (κ3) is 7.98. The van der Waals surface area contributed by atoms with Gasteiger partial charge in [-0.15, -0.1) is 12.4 Å². The number of aliphatic hydroxyl groups is 1. The molecule has 5 rings (SSSR count). The summed E-state index contributed by atoms with van der Waals surface area (Å²) in [5.41, 5.74) is 0.762. The molecule has 2 heterocycles. The lowest BCUT2D eigenvalue weighted by atomic mass is 9.78. The second-order valence-electron chi connectivity index (χ2n) is 12.2. The van der Waals surface area contributed by atoms with Gasteiger partial charge in [-0.2, -0.15) is 0 Å². The minimum atomic E-state index is -0.932. The summed E-state index contributed by atoms with van der Waals surface area (Å²) in [5.74, 6) is 0.901. The Labute approximate surface area is 272 Å². The van der Waals surface area contributed by atoms with Gasteiger partial charge in [0.25, 0.3) is 5.91 Å². The lowest BCUT2D eigenvalue weighted by molar-refractivity contribution is -0.167. The molecule has 0 aromatic heterocycles. The van der Waals surface area contributed by atoms with Crippen molar-refractivity contribution in [2.24, 2.45) is 5.92 Å². The van der Waals surface area contributed by atoms with E-state index in [1.807, 2.05) is 31.2 Å². The average molecular weight is 643 g/mol. The summed E-state index contributed by atoms with van der Waals surface area (Å²) in [7, 11) is 1.60. The van der Waals surface area contributed by atoms with E-state index in [0.29, 0.717) is 69.3 Å². The molecule has 10 nitrogen and oxygen atoms in total. The van der Waals surface area contributed by atoms with Crippen LogP contribution in [-0.4, -0.2) is 90.2 Å². The van der Waals surface area contributed by atoms with Crippen LogP contribution in [0.15, 0.2) is 48.5 Å². The maximum atomic E-state index is 13.9. The van der Waals surface area contributed by atoms with Gasteiger partial charge in [-0.05, 0) is 80.5 Å². The van der Waals surface area contributed by atoms with Gasteiger partial charge in [0.2, 0.25) is 11.8 Å². The zero-order valence-electron chi connectivity index (χ0n) is 26.3. The molecule has 2 aromatic rings. The van der Waals surface area contributed by atoms with E-state index < -0.39 is 17.7 Å². The third-order valence-corrected chi connectivity index (χ3v) is 9.49. The number of likely N-dealkylation sites (tertiary alicyclic amines) is 1. The van der Waals surface area contributed by atoms with Gasteiger partial charge in [0.05, 0.1) is 12.7 Å². The first kappa shape index (κ1) is 34.7. The fraction of sp³-hybridized carbons (Fsp3) is 0.559. The largest absolute Gasteiger partial charge is 0.457 e. The monoisotopic (exact) mass is 642 g/mol. The van der Waals surface area contributed by atoms with Crippen LogP contribution in [-0.2, 0) is 20.9 Å². The maximum Gasteiger partial charge on any atom is 0.251 e. The highest BCUT2D eigenvalue weighted by molar-refractivity contribution is 6.00. The van der Waals surface area contributed by atoms with Crippen molar-refractivity contribution in [1.29, 1.82) is 0 Å². The first-order valence-corrected chi connectivity index (χ1v) is 16.0. The Kier molecular flexibility index (Phi) is 12.2. The Hall–Kier alpha value is -3.18. The van der Waals surface area contributed by atoms with Crippen LogP contribution in [0.25, 0.3) is 0 Å². The molecule has 246 valence electrons. The van der Waals surface area contributed by atoms with E-state index in [-0.39, 0.29) is 36.0 Å². The van der Waals surface area contributed by atoms with E-state index in [9.17, 15) is 19.5 Å². The van der Waals surface area contributed by atoms with Crippen LogP contribution >= 0.6 is 12.4 Å². The van der Waals surface area contributed by atoms with Crippen LogP contribution < -0.4 is 15.4 Å². The Balaban J connectivity index is 0.00000461. The van der Waals surface area contributed by atoms with Gasteiger partial charge in [0.15, 0.2) is 0 Å². The fourth-order valence-corrected chi connectivity index (χ4v) is 6.90. The topological polar surface area (TPSA) is 120 Å². The summed E-state index contributed by atoms with van der Waals surface area (Å²) in [4.78, 5) is 43.4. The molecular formula is C34H47ClN4O6. The summed E-state index contributed by atoms with van der Waals surface area (Å²) in [6, 6.07) is 14.0. The van der Waals surface area contributed by atoms with E-state index >= 15 is 0 Å². The molecule has 0 bridgehead atoms. The molecule has 0 radical (unpaired) electrons. The molecule has 3 aliphatic rings. The number of nitrogens with zero attached hydrogens (tertiary/aromatic N) is 2. The van der Waals surface area contributed by atoms with E-state index in [4.69, 9.17) is 9.47 Å². The number of hydrogen-bond acceptors (Lipinski definition) is 7. The quantitative estimate of drug-likeness (QED) is 0.318. The number of rotatable bonds is 11. The number of halogens is 1. The van der Waals surface area contributed by atoms with Gasteiger partial charge in [-0.25, -0.2) is 0 Å². The van der Waals surface area contributed by atoms with Crippen LogP contribution in [0.3, 0.4) is 0 Å². The van der Waals surface area contributed by atoms with Crippen molar-refractivity contribution < 1.29 is 29.0 Å². The summed E-state index contributed by atoms with van der Waals surface area (Å²) in [6.07, 6.45) is 5.21. The minimum absolute atomic E-state index is 0. The SMILES string of the molecule is CCOCCN1C(=O)[C@@H]([C@H](O)C2CCCCC2)NC(=O)C12CCN(Cc1ccc(Oc3ccc(C(=O)NC)cc3)cc1)CC2.Cl. The predicted molar refractivity (Wildman–Crippen MR) is 174 cm³/mol.